The van der Waals surface area contributed by atoms with Crippen molar-refractivity contribution < 1.29 is 22.1 Å². The van der Waals surface area contributed by atoms with Crippen molar-refractivity contribution in [2.24, 2.45) is 5.92 Å². The maximum absolute atomic E-state index is 13.3. The predicted molar refractivity (Wildman–Crippen MR) is 118 cm³/mol. The molecule has 0 aliphatic carbocycles. The number of aryl methyl sites for hydroxylation is 1. The number of fused-ring (bicyclic) bond motifs is 2. The molecule has 0 amide bonds. The number of likely N-dealkylation sites (tertiary alicyclic amines) is 1. The minimum absolute atomic E-state index is 0.290. The average Bonchev–Trinajstić information content (AvgIpc) is 3.51. The molecule has 32 heavy (non-hydrogen) atoms. The highest BCUT2D eigenvalue weighted by atomic mass is 32.2. The molecule has 1 atom stereocenters. The van der Waals surface area contributed by atoms with Gasteiger partial charge in [-0.05, 0) is 74.2 Å². The Labute approximate surface area is 186 Å². The van der Waals surface area contributed by atoms with Crippen molar-refractivity contribution in [2.75, 3.05) is 32.8 Å². The molecule has 9 heteroatoms. The second kappa shape index (κ2) is 8.80. The van der Waals surface area contributed by atoms with Crippen LogP contribution < -0.4 is 9.46 Å². The van der Waals surface area contributed by atoms with E-state index in [1.165, 1.54) is 12.1 Å². The zero-order valence-corrected chi connectivity index (χ0v) is 18.5. The number of rotatable bonds is 8. The van der Waals surface area contributed by atoms with Crippen LogP contribution in [0.5, 0.6) is 5.75 Å². The molecule has 1 unspecified atom stereocenters. The van der Waals surface area contributed by atoms with Gasteiger partial charge in [0.25, 0.3) is 0 Å². The summed E-state index contributed by atoms with van der Waals surface area (Å²) >= 11 is 0. The van der Waals surface area contributed by atoms with Gasteiger partial charge in [0.1, 0.15) is 11.6 Å². The Hall–Kier alpha value is -2.49. The van der Waals surface area contributed by atoms with E-state index < -0.39 is 10.0 Å². The highest BCUT2D eigenvalue weighted by Gasteiger charge is 2.25. The molecule has 1 fully saturated rings. The lowest BCUT2D eigenvalue weighted by molar-refractivity contribution is 0.318. The van der Waals surface area contributed by atoms with Crippen molar-refractivity contribution in [3.8, 4) is 5.75 Å². The van der Waals surface area contributed by atoms with Crippen LogP contribution >= 0.6 is 0 Å². The molecular weight excluding hydrogens is 433 g/mol. The minimum Gasteiger partial charge on any atom is -0.493 e. The Morgan fingerprint density at radius 3 is 3.03 bits per heavy atom. The first-order valence-corrected chi connectivity index (χ1v) is 12.5. The van der Waals surface area contributed by atoms with E-state index in [1.54, 1.807) is 24.3 Å². The maximum atomic E-state index is 13.3. The summed E-state index contributed by atoms with van der Waals surface area (Å²) in [6.07, 6.45) is 3.38. The normalized spacial score (nSPS) is 18.8. The fourth-order valence-electron chi connectivity index (χ4n) is 4.54. The zero-order chi connectivity index (χ0) is 22.1. The lowest BCUT2D eigenvalue weighted by atomic mass is 10.1. The van der Waals surface area contributed by atoms with Crippen LogP contribution in [0.2, 0.25) is 0 Å². The van der Waals surface area contributed by atoms with E-state index >= 15 is 0 Å². The van der Waals surface area contributed by atoms with Crippen molar-refractivity contribution in [3.63, 3.8) is 0 Å². The van der Waals surface area contributed by atoms with Gasteiger partial charge in [-0.25, -0.2) is 17.5 Å². The van der Waals surface area contributed by atoms with Gasteiger partial charge in [0.15, 0.2) is 5.58 Å². The molecule has 0 bridgehead atoms. The van der Waals surface area contributed by atoms with Crippen LogP contribution in [0.25, 0.3) is 11.0 Å². The van der Waals surface area contributed by atoms with Crippen LogP contribution in [0.3, 0.4) is 0 Å². The number of hydrogen-bond acceptors (Lipinski definition) is 6. The molecule has 2 aliphatic rings. The number of aromatic nitrogens is 1. The smallest absolute Gasteiger partial charge is 0.240 e. The third-order valence-electron chi connectivity index (χ3n) is 6.30. The van der Waals surface area contributed by atoms with E-state index in [1.807, 2.05) is 0 Å². The van der Waals surface area contributed by atoms with Gasteiger partial charge < -0.3 is 14.2 Å². The summed E-state index contributed by atoms with van der Waals surface area (Å²) in [5, 5.41) is 4.94. The standard InChI is InChI=1S/C23H26FN3O4S/c24-18-3-5-20-21(26-31-23(20)13-18)2-1-9-27-10-7-16(15-27)14-25-32(28,29)19-4-6-22-17(12-19)8-11-30-22/h3-6,12-13,16,25H,1-2,7-11,14-15H2. The number of hydrogen-bond donors (Lipinski definition) is 1. The molecule has 3 heterocycles. The van der Waals surface area contributed by atoms with E-state index in [4.69, 9.17) is 9.26 Å². The van der Waals surface area contributed by atoms with Crippen LogP contribution in [0.4, 0.5) is 4.39 Å². The fourth-order valence-corrected chi connectivity index (χ4v) is 5.70. The van der Waals surface area contributed by atoms with E-state index in [0.717, 1.165) is 67.7 Å². The highest BCUT2D eigenvalue weighted by Crippen LogP contribution is 2.28. The lowest BCUT2D eigenvalue weighted by Gasteiger charge is -2.16. The number of ether oxygens (including phenoxy) is 1. The first kappa shape index (κ1) is 21.4. The van der Waals surface area contributed by atoms with Gasteiger partial charge in [-0.3, -0.25) is 0 Å². The fraction of sp³-hybridized carbons (Fsp3) is 0.435. The van der Waals surface area contributed by atoms with Crippen LogP contribution in [0, 0.1) is 11.7 Å². The second-order valence-electron chi connectivity index (χ2n) is 8.55. The Bertz CT molecular complexity index is 1230. The third kappa shape index (κ3) is 4.51. The van der Waals surface area contributed by atoms with Gasteiger partial charge in [0.2, 0.25) is 10.0 Å². The van der Waals surface area contributed by atoms with Crippen molar-refractivity contribution in [3.05, 3.63) is 53.5 Å². The van der Waals surface area contributed by atoms with Crippen LogP contribution in [-0.4, -0.2) is 51.3 Å². The molecule has 7 nitrogen and oxygen atoms in total. The number of nitrogens with zero attached hydrogens (tertiary/aromatic N) is 2. The first-order valence-electron chi connectivity index (χ1n) is 11.0. The molecule has 0 radical (unpaired) electrons. The van der Waals surface area contributed by atoms with Crippen molar-refractivity contribution >= 4 is 21.0 Å². The van der Waals surface area contributed by atoms with E-state index in [9.17, 15) is 12.8 Å². The van der Waals surface area contributed by atoms with Gasteiger partial charge in [0.05, 0.1) is 17.2 Å². The summed E-state index contributed by atoms with van der Waals surface area (Å²) in [4.78, 5) is 2.66. The minimum atomic E-state index is -3.53. The Morgan fingerprint density at radius 2 is 2.12 bits per heavy atom. The maximum Gasteiger partial charge on any atom is 0.240 e. The van der Waals surface area contributed by atoms with Crippen molar-refractivity contribution in [2.45, 2.75) is 30.6 Å². The molecule has 1 N–H and O–H groups in total. The van der Waals surface area contributed by atoms with E-state index in [-0.39, 0.29) is 5.82 Å². The molecule has 170 valence electrons. The molecule has 5 rings (SSSR count). The topological polar surface area (TPSA) is 84.7 Å². The number of halogens is 1. The van der Waals surface area contributed by atoms with Gasteiger partial charge in [0, 0.05) is 31.0 Å². The van der Waals surface area contributed by atoms with Crippen molar-refractivity contribution in [1.82, 2.24) is 14.8 Å². The zero-order valence-electron chi connectivity index (χ0n) is 17.7. The first-order chi connectivity index (χ1) is 15.5. The molecule has 2 aliphatic heterocycles. The summed E-state index contributed by atoms with van der Waals surface area (Å²) in [6.45, 7) is 3.77. The summed E-state index contributed by atoms with van der Waals surface area (Å²) in [6, 6.07) is 9.55. The Morgan fingerprint density at radius 1 is 1.22 bits per heavy atom. The lowest BCUT2D eigenvalue weighted by Crippen LogP contribution is -2.31. The van der Waals surface area contributed by atoms with Gasteiger partial charge in [-0.2, -0.15) is 0 Å². The molecule has 2 aromatic carbocycles. The summed E-state index contributed by atoms with van der Waals surface area (Å²) in [7, 11) is -3.53. The molecule has 0 spiro atoms. The molecule has 3 aromatic rings. The SMILES string of the molecule is O=S(=O)(NCC1CCN(CCCc2noc3cc(F)ccc23)C1)c1ccc2c(c1)CCO2. The van der Waals surface area contributed by atoms with Crippen LogP contribution in [0.15, 0.2) is 45.8 Å². The number of nitrogens with one attached hydrogen (secondary N) is 1. The molecule has 0 saturated carbocycles. The van der Waals surface area contributed by atoms with Gasteiger partial charge in [-0.15, -0.1) is 0 Å². The summed E-state index contributed by atoms with van der Waals surface area (Å²) in [5.41, 5.74) is 2.28. The van der Waals surface area contributed by atoms with E-state index in [0.29, 0.717) is 29.5 Å². The third-order valence-corrected chi connectivity index (χ3v) is 7.72. The monoisotopic (exact) mass is 459 g/mol. The van der Waals surface area contributed by atoms with Gasteiger partial charge in [-0.1, -0.05) is 5.16 Å². The van der Waals surface area contributed by atoms with Gasteiger partial charge >= 0.3 is 0 Å². The number of benzene rings is 2. The largest absolute Gasteiger partial charge is 0.493 e. The quantitative estimate of drug-likeness (QED) is 0.557. The average molecular weight is 460 g/mol. The van der Waals surface area contributed by atoms with E-state index in [2.05, 4.69) is 14.8 Å². The number of sulfonamides is 1. The highest BCUT2D eigenvalue weighted by molar-refractivity contribution is 7.89. The predicted octanol–water partition coefficient (Wildman–Crippen LogP) is 3.13. The summed E-state index contributed by atoms with van der Waals surface area (Å²) in [5.74, 6) is 0.740. The second-order valence-corrected chi connectivity index (χ2v) is 10.3. The summed E-state index contributed by atoms with van der Waals surface area (Å²) < 4.78 is 52.1. The molecular formula is C23H26FN3O4S. The molecule has 1 saturated heterocycles. The van der Waals surface area contributed by atoms with Crippen molar-refractivity contribution in [1.29, 1.82) is 0 Å². The van der Waals surface area contributed by atoms with Crippen LogP contribution in [-0.2, 0) is 22.9 Å². The van der Waals surface area contributed by atoms with Crippen LogP contribution in [0.1, 0.15) is 24.1 Å². The Kier molecular flexibility index (Phi) is 5.88. The molecule has 1 aromatic heterocycles. The Balaban J connectivity index is 1.09.